The van der Waals surface area contributed by atoms with E-state index in [4.69, 9.17) is 0 Å². The van der Waals surface area contributed by atoms with Crippen LogP contribution in [0.15, 0.2) is 23.3 Å². The summed E-state index contributed by atoms with van der Waals surface area (Å²) < 4.78 is 0. The maximum absolute atomic E-state index is 11.9. The molecule has 0 aromatic heterocycles. The Hall–Kier alpha value is -0.890. The zero-order valence-electron chi connectivity index (χ0n) is 14.1. The van der Waals surface area contributed by atoms with E-state index in [2.05, 4.69) is 20.8 Å². The van der Waals surface area contributed by atoms with Crippen molar-refractivity contribution in [2.45, 2.75) is 65.4 Å². The van der Waals surface area contributed by atoms with Crippen LogP contribution in [0.1, 0.15) is 59.3 Å². The summed E-state index contributed by atoms with van der Waals surface area (Å²) in [6, 6.07) is 0. The summed E-state index contributed by atoms with van der Waals surface area (Å²) in [5.41, 5.74) is 2.87. The highest BCUT2D eigenvalue weighted by Gasteiger charge is 2.59. The van der Waals surface area contributed by atoms with Crippen molar-refractivity contribution in [1.29, 1.82) is 0 Å². The van der Waals surface area contributed by atoms with Crippen LogP contribution in [0.5, 0.6) is 0 Å². The quantitative estimate of drug-likeness (QED) is 0.733. The highest BCUT2D eigenvalue weighted by Crippen LogP contribution is 2.65. The Bertz CT molecular complexity index is 587. The summed E-state index contributed by atoms with van der Waals surface area (Å²) in [4.78, 5) is 11.9. The van der Waals surface area contributed by atoms with E-state index < -0.39 is 0 Å². The summed E-state index contributed by atoms with van der Waals surface area (Å²) in [6.45, 7) is 6.86. The van der Waals surface area contributed by atoms with Gasteiger partial charge in [0.05, 0.1) is 6.10 Å². The van der Waals surface area contributed by atoms with Gasteiger partial charge in [-0.25, -0.2) is 0 Å². The molecule has 2 nitrogen and oxygen atoms in total. The average Bonchev–Trinajstić information content (AvgIpc) is 2.77. The van der Waals surface area contributed by atoms with E-state index >= 15 is 0 Å². The fourth-order valence-corrected chi connectivity index (χ4v) is 6.54. The van der Waals surface area contributed by atoms with Crippen LogP contribution >= 0.6 is 0 Å². The van der Waals surface area contributed by atoms with Crippen molar-refractivity contribution in [1.82, 2.24) is 0 Å². The smallest absolute Gasteiger partial charge is 0.178 e. The third kappa shape index (κ3) is 1.68. The lowest BCUT2D eigenvalue weighted by atomic mass is 9.47. The molecule has 0 amide bonds. The van der Waals surface area contributed by atoms with Crippen molar-refractivity contribution in [2.24, 2.45) is 28.6 Å². The number of hydrogen-bond acceptors (Lipinski definition) is 2. The van der Waals surface area contributed by atoms with Crippen LogP contribution in [-0.4, -0.2) is 17.0 Å². The second-order valence-electron chi connectivity index (χ2n) is 8.65. The normalized spacial score (nSPS) is 50.6. The number of carbonyl (C=O) groups is 1. The summed E-state index contributed by atoms with van der Waals surface area (Å²) in [5.74, 6) is 2.22. The number of fused-ring (bicyclic) bond motifs is 5. The summed E-state index contributed by atoms with van der Waals surface area (Å²) in [6.07, 6.45) is 10.5. The second kappa shape index (κ2) is 4.56. The third-order valence-electron chi connectivity index (χ3n) is 8.04. The highest BCUT2D eigenvalue weighted by atomic mass is 16.3. The predicted octanol–water partition coefficient (Wildman–Crippen LogP) is 4.05. The molecular formula is C20H28O2. The van der Waals surface area contributed by atoms with Crippen LogP contribution in [0, 0.1) is 28.6 Å². The van der Waals surface area contributed by atoms with Gasteiger partial charge in [0.15, 0.2) is 5.78 Å². The fraction of sp³-hybridized carbons (Fsp3) is 0.750. The van der Waals surface area contributed by atoms with Gasteiger partial charge in [-0.05, 0) is 80.8 Å². The number of rotatable bonds is 0. The lowest BCUT2D eigenvalue weighted by Gasteiger charge is -2.57. The third-order valence-corrected chi connectivity index (χ3v) is 8.04. The first kappa shape index (κ1) is 14.7. The molecule has 4 rings (SSSR count). The molecule has 0 spiro atoms. The lowest BCUT2D eigenvalue weighted by Crippen LogP contribution is -2.51. The maximum Gasteiger partial charge on any atom is 0.178 e. The molecule has 0 radical (unpaired) electrons. The number of ketones is 1. The van der Waals surface area contributed by atoms with Crippen LogP contribution in [0.25, 0.3) is 0 Å². The van der Waals surface area contributed by atoms with Crippen molar-refractivity contribution in [3.63, 3.8) is 0 Å². The Kier molecular flexibility index (Phi) is 3.05. The predicted molar refractivity (Wildman–Crippen MR) is 87.2 cm³/mol. The molecule has 0 aromatic carbocycles. The molecule has 0 aliphatic heterocycles. The molecule has 0 saturated heterocycles. The van der Waals surface area contributed by atoms with Crippen molar-refractivity contribution in [2.75, 3.05) is 0 Å². The van der Waals surface area contributed by atoms with Gasteiger partial charge in [0.2, 0.25) is 0 Å². The Labute approximate surface area is 133 Å². The minimum absolute atomic E-state index is 0.0890. The number of aliphatic hydroxyl groups excluding tert-OH is 1. The standard InChI is InChI=1S/C20H28O2/c1-12-10-14(21)11-13-4-5-15-16-6-7-18(22)19(16,2)9-8-17(15)20(12,13)3/h10-11,15-18,22H,4-9H2,1-3H3/t15-,16-,17-,18-,19-,20-/m0/s1. The van der Waals surface area contributed by atoms with Crippen LogP contribution in [0.3, 0.4) is 0 Å². The molecule has 0 aromatic rings. The summed E-state index contributed by atoms with van der Waals surface area (Å²) >= 11 is 0. The molecule has 1 N–H and O–H groups in total. The largest absolute Gasteiger partial charge is 0.393 e. The molecule has 2 heteroatoms. The van der Waals surface area contributed by atoms with E-state index in [-0.39, 0.29) is 22.7 Å². The van der Waals surface area contributed by atoms with E-state index in [0.29, 0.717) is 11.8 Å². The number of hydrogen-bond donors (Lipinski definition) is 1. The van der Waals surface area contributed by atoms with Gasteiger partial charge < -0.3 is 5.11 Å². The molecule has 0 heterocycles. The topological polar surface area (TPSA) is 37.3 Å². The first-order valence-electron chi connectivity index (χ1n) is 8.99. The molecule has 3 fully saturated rings. The van der Waals surface area contributed by atoms with Crippen LogP contribution in [0.4, 0.5) is 0 Å². The van der Waals surface area contributed by atoms with Crippen molar-refractivity contribution in [3.8, 4) is 0 Å². The summed E-state index contributed by atoms with van der Waals surface area (Å²) in [5, 5.41) is 10.5. The zero-order chi connectivity index (χ0) is 15.7. The molecular weight excluding hydrogens is 272 g/mol. The van der Waals surface area contributed by atoms with Crippen molar-refractivity contribution >= 4 is 5.78 Å². The molecule has 4 aliphatic rings. The Morgan fingerprint density at radius 1 is 1.09 bits per heavy atom. The molecule has 0 bridgehead atoms. The van der Waals surface area contributed by atoms with Gasteiger partial charge in [-0.3, -0.25) is 4.79 Å². The first-order chi connectivity index (χ1) is 10.4. The van der Waals surface area contributed by atoms with Crippen molar-refractivity contribution < 1.29 is 9.90 Å². The molecule has 6 atom stereocenters. The van der Waals surface area contributed by atoms with Gasteiger partial charge in [0.25, 0.3) is 0 Å². The van der Waals surface area contributed by atoms with E-state index in [1.165, 1.54) is 30.4 Å². The van der Waals surface area contributed by atoms with Gasteiger partial charge in [0, 0.05) is 5.41 Å². The monoisotopic (exact) mass is 300 g/mol. The average molecular weight is 300 g/mol. The minimum Gasteiger partial charge on any atom is -0.393 e. The minimum atomic E-state index is -0.104. The first-order valence-corrected chi connectivity index (χ1v) is 8.99. The zero-order valence-corrected chi connectivity index (χ0v) is 14.1. The van der Waals surface area contributed by atoms with Crippen molar-refractivity contribution in [3.05, 3.63) is 23.3 Å². The highest BCUT2D eigenvalue weighted by molar-refractivity contribution is 6.02. The Balaban J connectivity index is 1.74. The summed E-state index contributed by atoms with van der Waals surface area (Å²) in [7, 11) is 0. The Morgan fingerprint density at radius 2 is 1.86 bits per heavy atom. The fourth-order valence-electron chi connectivity index (χ4n) is 6.54. The number of allylic oxidation sites excluding steroid dienone is 4. The molecule has 22 heavy (non-hydrogen) atoms. The maximum atomic E-state index is 11.9. The van der Waals surface area contributed by atoms with Gasteiger partial charge in [-0.1, -0.05) is 25.0 Å². The SMILES string of the molecule is CC1=CC(=O)C=C2CC[C@@H]3[C@H](CC[C@]4(C)[C@@H](O)CC[C@@H]34)[C@@]12C. The van der Waals surface area contributed by atoms with Gasteiger partial charge >= 0.3 is 0 Å². The van der Waals surface area contributed by atoms with E-state index in [0.717, 1.165) is 25.2 Å². The van der Waals surface area contributed by atoms with E-state index in [1.807, 2.05) is 12.2 Å². The number of aliphatic hydroxyl groups is 1. The van der Waals surface area contributed by atoms with Gasteiger partial charge in [-0.2, -0.15) is 0 Å². The number of carbonyl (C=O) groups excluding carboxylic acids is 1. The van der Waals surface area contributed by atoms with Gasteiger partial charge in [-0.15, -0.1) is 0 Å². The van der Waals surface area contributed by atoms with Gasteiger partial charge in [0.1, 0.15) is 0 Å². The van der Waals surface area contributed by atoms with Crippen LogP contribution in [-0.2, 0) is 4.79 Å². The van der Waals surface area contributed by atoms with Crippen LogP contribution in [0.2, 0.25) is 0 Å². The van der Waals surface area contributed by atoms with E-state index in [1.54, 1.807) is 0 Å². The molecule has 4 aliphatic carbocycles. The molecule has 120 valence electrons. The Morgan fingerprint density at radius 3 is 2.64 bits per heavy atom. The molecule has 0 unspecified atom stereocenters. The molecule has 3 saturated carbocycles. The second-order valence-corrected chi connectivity index (χ2v) is 8.65. The van der Waals surface area contributed by atoms with Crippen LogP contribution < -0.4 is 0 Å². The lowest BCUT2D eigenvalue weighted by molar-refractivity contribution is -0.111. The van der Waals surface area contributed by atoms with E-state index in [9.17, 15) is 9.90 Å².